The summed E-state index contributed by atoms with van der Waals surface area (Å²) in [5.74, 6) is 0.481. The molecule has 0 nitrogen and oxygen atoms in total. The number of rotatable bonds is 3. The minimum absolute atomic E-state index is 0.409. The van der Waals surface area contributed by atoms with Crippen LogP contribution in [0.15, 0.2) is 24.3 Å². The van der Waals surface area contributed by atoms with Crippen molar-refractivity contribution in [1.29, 1.82) is 0 Å². The molecule has 90 valence electrons. The standard InChI is InChI=1S/C8H7F3S.3CH3.Sn/c9-8(10,11)7-4-2-1-3-6(7)5-12;;;;/h1-4,12H,5H2;3*1H3;/q;;;;+1/p-1. The average molecular weight is 355 g/mol. The third-order valence-electron chi connectivity index (χ3n) is 1.98. The maximum atomic E-state index is 12.7. The Morgan fingerprint density at radius 3 is 2.19 bits per heavy atom. The van der Waals surface area contributed by atoms with Crippen LogP contribution in [0.5, 0.6) is 0 Å². The predicted molar refractivity (Wildman–Crippen MR) is 66.1 cm³/mol. The van der Waals surface area contributed by atoms with Crippen LogP contribution in [0, 0.1) is 0 Å². The number of alkyl halides is 3. The second-order valence-electron chi connectivity index (χ2n) is 4.56. The first kappa shape index (κ1) is 14.2. The molecule has 5 heteroatoms. The van der Waals surface area contributed by atoms with Crippen molar-refractivity contribution in [3.63, 3.8) is 0 Å². The summed E-state index contributed by atoms with van der Waals surface area (Å²) in [6.45, 7) is 0. The van der Waals surface area contributed by atoms with Gasteiger partial charge < -0.3 is 0 Å². The van der Waals surface area contributed by atoms with E-state index in [1.54, 1.807) is 21.1 Å². The summed E-state index contributed by atoms with van der Waals surface area (Å²) >= 11 is -2.06. The van der Waals surface area contributed by atoms with Gasteiger partial charge in [-0.05, 0) is 0 Å². The number of halogens is 3. The van der Waals surface area contributed by atoms with Crippen LogP contribution in [-0.2, 0) is 11.9 Å². The molecule has 1 rings (SSSR count). The van der Waals surface area contributed by atoms with Gasteiger partial charge in [0, 0.05) is 0 Å². The third-order valence-corrected chi connectivity index (χ3v) is 12.0. The van der Waals surface area contributed by atoms with E-state index in [2.05, 4.69) is 14.8 Å². The summed E-state index contributed by atoms with van der Waals surface area (Å²) in [4.78, 5) is 6.61. The molecule has 0 saturated heterocycles. The molecule has 0 fully saturated rings. The molecule has 0 atom stereocenters. The van der Waals surface area contributed by atoms with Gasteiger partial charge in [0.1, 0.15) is 0 Å². The van der Waals surface area contributed by atoms with Crippen LogP contribution >= 0.6 is 8.95 Å². The van der Waals surface area contributed by atoms with E-state index in [9.17, 15) is 13.2 Å². The van der Waals surface area contributed by atoms with Gasteiger partial charge in [0.25, 0.3) is 0 Å². The predicted octanol–water partition coefficient (Wildman–Crippen LogP) is 4.77. The van der Waals surface area contributed by atoms with Crippen molar-refractivity contribution < 1.29 is 13.2 Å². The maximum absolute atomic E-state index is 12.7. The third kappa shape index (κ3) is 4.57. The molecule has 0 amide bonds. The van der Waals surface area contributed by atoms with Gasteiger partial charge >= 0.3 is 101 Å². The molecule has 0 bridgehead atoms. The molecule has 0 spiro atoms. The van der Waals surface area contributed by atoms with Crippen molar-refractivity contribution in [2.24, 2.45) is 0 Å². The zero-order valence-corrected chi connectivity index (χ0v) is 13.2. The summed E-state index contributed by atoms with van der Waals surface area (Å²) in [6, 6.07) is 5.85. The van der Waals surface area contributed by atoms with Crippen LogP contribution < -0.4 is 0 Å². The molecule has 0 unspecified atom stereocenters. The topological polar surface area (TPSA) is 0 Å². The fourth-order valence-electron chi connectivity index (χ4n) is 1.22. The van der Waals surface area contributed by atoms with E-state index in [0.29, 0.717) is 11.3 Å². The molecule has 0 radical (unpaired) electrons. The number of hydrogen-bond acceptors (Lipinski definition) is 1. The molecular weight excluding hydrogens is 340 g/mol. The van der Waals surface area contributed by atoms with Crippen molar-refractivity contribution in [2.75, 3.05) is 0 Å². The van der Waals surface area contributed by atoms with Crippen molar-refractivity contribution in [3.05, 3.63) is 35.4 Å². The minimum atomic E-state index is -4.23. The van der Waals surface area contributed by atoms with Gasteiger partial charge in [-0.25, -0.2) is 0 Å². The molecule has 0 aliphatic heterocycles. The Bertz CT molecular complexity index is 355. The van der Waals surface area contributed by atoms with Crippen molar-refractivity contribution in [3.8, 4) is 0 Å². The fraction of sp³-hybridized carbons (Fsp3) is 0.455. The van der Waals surface area contributed by atoms with Gasteiger partial charge in [0.15, 0.2) is 0 Å². The van der Waals surface area contributed by atoms with E-state index >= 15 is 0 Å². The number of benzene rings is 1. The first-order chi connectivity index (χ1) is 7.20. The van der Waals surface area contributed by atoms with E-state index < -0.39 is 28.7 Å². The Hall–Kier alpha value is 0.159. The summed E-state index contributed by atoms with van der Waals surface area (Å²) in [6.07, 6.45) is -4.23. The zero-order valence-electron chi connectivity index (χ0n) is 9.56. The van der Waals surface area contributed by atoms with Gasteiger partial charge in [-0.2, -0.15) is 0 Å². The SMILES string of the molecule is [CH3][Sn]([CH3])([CH3])[S]Cc1ccccc1C(F)(F)F. The Morgan fingerprint density at radius 2 is 1.69 bits per heavy atom. The molecule has 1 aromatic rings. The first-order valence-electron chi connectivity index (χ1n) is 4.99. The van der Waals surface area contributed by atoms with E-state index in [0.717, 1.165) is 6.07 Å². The van der Waals surface area contributed by atoms with E-state index in [4.69, 9.17) is 0 Å². The van der Waals surface area contributed by atoms with Gasteiger partial charge in [0.05, 0.1) is 0 Å². The monoisotopic (exact) mass is 356 g/mol. The Morgan fingerprint density at radius 1 is 1.12 bits per heavy atom. The van der Waals surface area contributed by atoms with Crippen LogP contribution in [0.3, 0.4) is 0 Å². The van der Waals surface area contributed by atoms with Crippen LogP contribution in [-0.4, -0.2) is 17.0 Å². The Balaban J connectivity index is 2.88. The van der Waals surface area contributed by atoms with Gasteiger partial charge in [-0.15, -0.1) is 0 Å². The van der Waals surface area contributed by atoms with Crippen molar-refractivity contribution in [2.45, 2.75) is 26.7 Å². The summed E-state index contributed by atoms with van der Waals surface area (Å²) in [7, 11) is 1.73. The molecule has 16 heavy (non-hydrogen) atoms. The molecular formula is C11H15F3SSn. The van der Waals surface area contributed by atoms with Gasteiger partial charge in [0.2, 0.25) is 0 Å². The Labute approximate surface area is 101 Å². The summed E-state index contributed by atoms with van der Waals surface area (Å²) in [5, 5.41) is 0. The van der Waals surface area contributed by atoms with Crippen LogP contribution in [0.1, 0.15) is 11.1 Å². The van der Waals surface area contributed by atoms with Crippen LogP contribution in [0.25, 0.3) is 0 Å². The fourth-order valence-corrected chi connectivity index (χ4v) is 7.10. The average Bonchev–Trinajstić information content (AvgIpc) is 2.12. The van der Waals surface area contributed by atoms with E-state index in [1.165, 1.54) is 6.07 Å². The molecule has 0 aliphatic rings. The molecule has 0 aliphatic carbocycles. The summed E-state index contributed by atoms with van der Waals surface area (Å²) in [5.41, 5.74) is -0.0790. The zero-order chi connectivity index (χ0) is 12.4. The first-order valence-corrected chi connectivity index (χ1v) is 18.0. The van der Waals surface area contributed by atoms with Crippen LogP contribution in [0.4, 0.5) is 13.2 Å². The Kier molecular flexibility index (Phi) is 4.63. The van der Waals surface area contributed by atoms with E-state index in [1.807, 2.05) is 0 Å². The normalized spacial score (nSPS) is 12.9. The molecule has 0 heterocycles. The second-order valence-corrected chi connectivity index (χ2v) is 27.9. The molecule has 1 aromatic carbocycles. The number of hydrogen-bond donors (Lipinski definition) is 0. The molecule has 0 saturated carbocycles. The second kappa shape index (κ2) is 5.21. The van der Waals surface area contributed by atoms with Crippen molar-refractivity contribution in [1.82, 2.24) is 0 Å². The molecule has 0 aromatic heterocycles. The van der Waals surface area contributed by atoms with Gasteiger partial charge in [-0.1, -0.05) is 0 Å². The summed E-state index contributed by atoms with van der Waals surface area (Å²) < 4.78 is 38.0. The van der Waals surface area contributed by atoms with Gasteiger partial charge in [-0.3, -0.25) is 0 Å². The van der Waals surface area contributed by atoms with Crippen LogP contribution in [0.2, 0.25) is 14.8 Å². The molecule has 0 N–H and O–H groups in total. The van der Waals surface area contributed by atoms with Crippen molar-refractivity contribution >= 4 is 25.9 Å². The van der Waals surface area contributed by atoms with E-state index in [-0.39, 0.29) is 0 Å². The quantitative estimate of drug-likeness (QED) is 0.704.